The zero-order valence-electron chi connectivity index (χ0n) is 10.1. The van der Waals surface area contributed by atoms with E-state index in [9.17, 15) is 9.59 Å². The van der Waals surface area contributed by atoms with Crippen molar-refractivity contribution in [1.29, 1.82) is 0 Å². The molecule has 0 radical (unpaired) electrons. The average molecular weight is 258 g/mol. The van der Waals surface area contributed by atoms with Crippen LogP contribution in [-0.2, 0) is 9.59 Å². The van der Waals surface area contributed by atoms with Crippen LogP contribution in [0.5, 0.6) is 0 Å². The van der Waals surface area contributed by atoms with Crippen molar-refractivity contribution in [2.24, 2.45) is 0 Å². The Morgan fingerprint density at radius 1 is 1.76 bits per heavy atom. The van der Waals surface area contributed by atoms with Gasteiger partial charge in [0.2, 0.25) is 11.8 Å². The van der Waals surface area contributed by atoms with E-state index in [1.165, 1.54) is 0 Å². The van der Waals surface area contributed by atoms with E-state index in [0.717, 1.165) is 6.42 Å². The second kappa shape index (κ2) is 4.49. The van der Waals surface area contributed by atoms with Gasteiger partial charge in [-0.25, -0.2) is 0 Å². The lowest BCUT2D eigenvalue weighted by molar-refractivity contribution is -0.138. The normalized spacial score (nSPS) is 33.7. The maximum Gasteiger partial charge on any atom is 0.244 e. The topological polar surface area (TPSA) is 69.6 Å². The Morgan fingerprint density at radius 2 is 2.47 bits per heavy atom. The first kappa shape index (κ1) is 12.7. The molecule has 0 aromatic rings. The summed E-state index contributed by atoms with van der Waals surface area (Å²) in [4.78, 5) is 25.3. The van der Waals surface area contributed by atoms with Crippen molar-refractivity contribution in [3.8, 4) is 0 Å². The van der Waals surface area contributed by atoms with Gasteiger partial charge in [0.05, 0.1) is 11.5 Å². The summed E-state index contributed by atoms with van der Waals surface area (Å²) in [5.74, 6) is 0.555. The Bertz CT molecular complexity index is 350. The fourth-order valence-electron chi connectivity index (χ4n) is 2.40. The van der Waals surface area contributed by atoms with Gasteiger partial charge in [-0.1, -0.05) is 0 Å². The van der Waals surface area contributed by atoms with Crippen molar-refractivity contribution in [2.45, 2.75) is 43.6 Å². The molecule has 0 spiro atoms. The molecule has 96 valence electrons. The largest absolute Gasteiger partial charge is 0.394 e. The summed E-state index contributed by atoms with van der Waals surface area (Å²) in [5.41, 5.74) is 0. The lowest BCUT2D eigenvalue weighted by atomic mass is 10.2. The lowest BCUT2D eigenvalue weighted by Gasteiger charge is -2.30. The lowest BCUT2D eigenvalue weighted by Crippen LogP contribution is -2.52. The van der Waals surface area contributed by atoms with E-state index in [1.54, 1.807) is 23.6 Å². The third kappa shape index (κ3) is 2.15. The number of nitrogens with one attached hydrogen (secondary N) is 1. The van der Waals surface area contributed by atoms with Crippen molar-refractivity contribution in [3.63, 3.8) is 0 Å². The molecule has 0 aromatic heterocycles. The SMILES string of the molecule is CC(CO)NC(=O)C1CSC2(C)CCC(=O)N12. The van der Waals surface area contributed by atoms with Crippen molar-refractivity contribution in [2.75, 3.05) is 12.4 Å². The molecule has 2 aliphatic rings. The molecule has 6 heteroatoms. The maximum atomic E-state index is 12.0. The van der Waals surface area contributed by atoms with Gasteiger partial charge in [-0.15, -0.1) is 11.8 Å². The van der Waals surface area contributed by atoms with E-state index in [4.69, 9.17) is 5.11 Å². The molecule has 5 nitrogen and oxygen atoms in total. The summed E-state index contributed by atoms with van der Waals surface area (Å²) in [6.45, 7) is 3.67. The van der Waals surface area contributed by atoms with Crippen LogP contribution in [-0.4, -0.2) is 51.1 Å². The smallest absolute Gasteiger partial charge is 0.244 e. The van der Waals surface area contributed by atoms with Gasteiger partial charge in [0.1, 0.15) is 6.04 Å². The first-order chi connectivity index (χ1) is 7.98. The zero-order valence-corrected chi connectivity index (χ0v) is 10.9. The maximum absolute atomic E-state index is 12.0. The molecule has 0 aromatic carbocycles. The summed E-state index contributed by atoms with van der Waals surface area (Å²) < 4.78 is 0. The number of rotatable bonds is 3. The Labute approximate surface area is 105 Å². The number of aliphatic hydroxyl groups excluding tert-OH is 1. The molecular weight excluding hydrogens is 240 g/mol. The number of amides is 2. The average Bonchev–Trinajstić information content (AvgIpc) is 2.76. The van der Waals surface area contributed by atoms with Crippen LogP contribution in [0.25, 0.3) is 0 Å². The number of nitrogens with zero attached hydrogens (tertiary/aromatic N) is 1. The molecule has 0 aliphatic carbocycles. The number of fused-ring (bicyclic) bond motifs is 1. The molecule has 2 saturated heterocycles. The minimum Gasteiger partial charge on any atom is -0.394 e. The van der Waals surface area contributed by atoms with Gasteiger partial charge in [-0.05, 0) is 20.3 Å². The number of carbonyl (C=O) groups excluding carboxylic acids is 2. The van der Waals surface area contributed by atoms with Crippen LogP contribution in [0.3, 0.4) is 0 Å². The second-order valence-electron chi connectivity index (χ2n) is 4.86. The molecule has 2 N–H and O–H groups in total. The summed E-state index contributed by atoms with van der Waals surface area (Å²) in [6, 6.07) is -0.647. The van der Waals surface area contributed by atoms with E-state index >= 15 is 0 Å². The molecule has 2 heterocycles. The number of hydrogen-bond acceptors (Lipinski definition) is 4. The standard InChI is InChI=1S/C11H18N2O3S/c1-7(5-14)12-10(16)8-6-17-11(2)4-3-9(15)13(8)11/h7-8,14H,3-6H2,1-2H3,(H,12,16). The summed E-state index contributed by atoms with van der Waals surface area (Å²) in [6.07, 6.45) is 1.35. The molecule has 2 amide bonds. The van der Waals surface area contributed by atoms with Crippen LogP contribution in [0.1, 0.15) is 26.7 Å². The summed E-state index contributed by atoms with van der Waals surface area (Å²) in [7, 11) is 0. The first-order valence-corrected chi connectivity index (χ1v) is 6.84. The van der Waals surface area contributed by atoms with Gasteiger partial charge < -0.3 is 15.3 Å². The van der Waals surface area contributed by atoms with Crippen LogP contribution in [0.2, 0.25) is 0 Å². The molecule has 0 saturated carbocycles. The van der Waals surface area contributed by atoms with E-state index in [1.807, 2.05) is 6.92 Å². The highest BCUT2D eigenvalue weighted by Crippen LogP contribution is 2.47. The van der Waals surface area contributed by atoms with Crippen LogP contribution >= 0.6 is 11.8 Å². The molecular formula is C11H18N2O3S. The predicted molar refractivity (Wildman–Crippen MR) is 65.4 cm³/mol. The van der Waals surface area contributed by atoms with E-state index in [0.29, 0.717) is 12.2 Å². The molecule has 2 fully saturated rings. The zero-order chi connectivity index (χ0) is 12.6. The molecule has 2 rings (SSSR count). The fourth-order valence-corrected chi connectivity index (χ4v) is 3.83. The Hall–Kier alpha value is -0.750. The van der Waals surface area contributed by atoms with Crippen molar-refractivity contribution in [1.82, 2.24) is 10.2 Å². The van der Waals surface area contributed by atoms with Crippen LogP contribution in [0.4, 0.5) is 0 Å². The summed E-state index contributed by atoms with van der Waals surface area (Å²) in [5, 5.41) is 11.6. The number of hydrogen-bond donors (Lipinski definition) is 2. The van der Waals surface area contributed by atoms with Gasteiger partial charge in [0, 0.05) is 18.2 Å². The van der Waals surface area contributed by atoms with Crippen molar-refractivity contribution in [3.05, 3.63) is 0 Å². The van der Waals surface area contributed by atoms with Crippen LogP contribution in [0, 0.1) is 0 Å². The molecule has 2 aliphatic heterocycles. The van der Waals surface area contributed by atoms with E-state index in [2.05, 4.69) is 5.32 Å². The van der Waals surface area contributed by atoms with Gasteiger partial charge in [0.25, 0.3) is 0 Å². The van der Waals surface area contributed by atoms with Gasteiger partial charge in [-0.2, -0.15) is 0 Å². The Kier molecular flexibility index (Phi) is 3.36. The minimum absolute atomic E-state index is 0.0642. The number of carbonyl (C=O) groups is 2. The van der Waals surface area contributed by atoms with Crippen LogP contribution < -0.4 is 5.32 Å². The highest BCUT2D eigenvalue weighted by molar-refractivity contribution is 8.01. The third-order valence-electron chi connectivity index (χ3n) is 3.41. The van der Waals surface area contributed by atoms with E-state index < -0.39 is 0 Å². The van der Waals surface area contributed by atoms with Gasteiger partial charge >= 0.3 is 0 Å². The highest BCUT2D eigenvalue weighted by Gasteiger charge is 2.52. The second-order valence-corrected chi connectivity index (χ2v) is 6.36. The van der Waals surface area contributed by atoms with E-state index in [-0.39, 0.29) is 35.4 Å². The fraction of sp³-hybridized carbons (Fsp3) is 0.818. The highest BCUT2D eigenvalue weighted by atomic mass is 32.2. The number of thioether (sulfide) groups is 1. The molecule has 0 bridgehead atoms. The van der Waals surface area contributed by atoms with Crippen molar-refractivity contribution < 1.29 is 14.7 Å². The Morgan fingerprint density at radius 3 is 3.12 bits per heavy atom. The van der Waals surface area contributed by atoms with Crippen molar-refractivity contribution >= 4 is 23.6 Å². The first-order valence-electron chi connectivity index (χ1n) is 5.85. The molecule has 3 unspecified atom stereocenters. The molecule has 17 heavy (non-hydrogen) atoms. The minimum atomic E-state index is -0.381. The number of aliphatic hydroxyl groups is 1. The predicted octanol–water partition coefficient (Wildman–Crippen LogP) is -0.0626. The molecule has 3 atom stereocenters. The Balaban J connectivity index is 2.07. The monoisotopic (exact) mass is 258 g/mol. The third-order valence-corrected chi connectivity index (χ3v) is 4.92. The van der Waals surface area contributed by atoms with Gasteiger partial charge in [-0.3, -0.25) is 9.59 Å². The quantitative estimate of drug-likeness (QED) is 0.744. The summed E-state index contributed by atoms with van der Waals surface area (Å²) >= 11 is 1.67. The van der Waals surface area contributed by atoms with Gasteiger partial charge in [0.15, 0.2) is 0 Å². The van der Waals surface area contributed by atoms with Crippen LogP contribution in [0.15, 0.2) is 0 Å².